The fraction of sp³-hybridized carbons (Fsp3) is 0.167. The molecular weight excluding hydrogens is 302 g/mol. The van der Waals surface area contributed by atoms with E-state index in [1.54, 1.807) is 25.4 Å². The number of aromatic nitrogens is 3. The standard InChI is InChI=1S/C18H19N5O/c1-3-12-4-6-13(7-5-12)14-8-9-16(21-17(14)19)22-18(24)15-10-11-20-23(15)2/h4-11H,3H2,1-2H3,(H3,19,21,22,24). The number of nitrogen functional groups attached to an aromatic ring is 1. The van der Waals surface area contributed by atoms with Crippen molar-refractivity contribution >= 4 is 17.5 Å². The van der Waals surface area contributed by atoms with Gasteiger partial charge >= 0.3 is 0 Å². The van der Waals surface area contributed by atoms with Crippen molar-refractivity contribution in [3.63, 3.8) is 0 Å². The Hall–Kier alpha value is -3.15. The smallest absolute Gasteiger partial charge is 0.275 e. The van der Waals surface area contributed by atoms with E-state index in [1.165, 1.54) is 10.2 Å². The van der Waals surface area contributed by atoms with E-state index in [9.17, 15) is 4.79 Å². The van der Waals surface area contributed by atoms with E-state index in [0.29, 0.717) is 17.3 Å². The molecule has 0 saturated heterocycles. The molecule has 0 fully saturated rings. The number of hydrogen-bond donors (Lipinski definition) is 2. The van der Waals surface area contributed by atoms with Crippen LogP contribution < -0.4 is 11.1 Å². The summed E-state index contributed by atoms with van der Waals surface area (Å²) in [5.74, 6) is 0.511. The molecular formula is C18H19N5O. The molecule has 3 aromatic rings. The first kappa shape index (κ1) is 15.7. The SMILES string of the molecule is CCc1ccc(-c2ccc(NC(=O)c3ccnn3C)nc2N)cc1. The molecule has 0 aliphatic carbocycles. The first-order chi connectivity index (χ1) is 11.6. The van der Waals surface area contributed by atoms with Crippen molar-refractivity contribution < 1.29 is 4.79 Å². The maximum absolute atomic E-state index is 12.2. The van der Waals surface area contributed by atoms with Crippen molar-refractivity contribution in [1.29, 1.82) is 0 Å². The van der Waals surface area contributed by atoms with Crippen LogP contribution in [0.5, 0.6) is 0 Å². The number of nitrogens with one attached hydrogen (secondary N) is 1. The summed E-state index contributed by atoms with van der Waals surface area (Å²) in [5.41, 5.74) is 9.64. The lowest BCUT2D eigenvalue weighted by Gasteiger charge is -2.09. The number of aryl methyl sites for hydroxylation is 2. The molecule has 3 rings (SSSR count). The summed E-state index contributed by atoms with van der Waals surface area (Å²) in [7, 11) is 1.71. The highest BCUT2D eigenvalue weighted by molar-refractivity contribution is 6.02. The van der Waals surface area contributed by atoms with E-state index in [1.807, 2.05) is 18.2 Å². The van der Waals surface area contributed by atoms with Crippen LogP contribution in [0.3, 0.4) is 0 Å². The molecule has 0 bridgehead atoms. The molecule has 1 amide bonds. The summed E-state index contributed by atoms with van der Waals surface area (Å²) >= 11 is 0. The first-order valence-corrected chi connectivity index (χ1v) is 7.73. The Kier molecular flexibility index (Phi) is 4.29. The van der Waals surface area contributed by atoms with Crippen molar-refractivity contribution in [3.8, 4) is 11.1 Å². The topological polar surface area (TPSA) is 85.8 Å². The molecule has 0 aliphatic rings. The third-order valence-electron chi connectivity index (χ3n) is 3.89. The molecule has 0 radical (unpaired) electrons. The molecule has 1 aromatic carbocycles. The maximum Gasteiger partial charge on any atom is 0.275 e. The minimum absolute atomic E-state index is 0.276. The third kappa shape index (κ3) is 3.12. The van der Waals surface area contributed by atoms with Crippen LogP contribution in [0.25, 0.3) is 11.1 Å². The Bertz CT molecular complexity index is 867. The van der Waals surface area contributed by atoms with E-state index < -0.39 is 0 Å². The van der Waals surface area contributed by atoms with Gasteiger partial charge in [-0.1, -0.05) is 31.2 Å². The van der Waals surface area contributed by atoms with Crippen molar-refractivity contribution in [3.05, 3.63) is 59.9 Å². The largest absolute Gasteiger partial charge is 0.383 e. The van der Waals surface area contributed by atoms with Crippen LogP contribution in [0, 0.1) is 0 Å². The van der Waals surface area contributed by atoms with Gasteiger partial charge in [0.25, 0.3) is 5.91 Å². The van der Waals surface area contributed by atoms with Crippen molar-refractivity contribution in [2.24, 2.45) is 7.05 Å². The highest BCUT2D eigenvalue weighted by Crippen LogP contribution is 2.26. The molecule has 122 valence electrons. The molecule has 0 spiro atoms. The average molecular weight is 321 g/mol. The van der Waals surface area contributed by atoms with Crippen LogP contribution in [-0.4, -0.2) is 20.7 Å². The first-order valence-electron chi connectivity index (χ1n) is 7.73. The average Bonchev–Trinajstić information content (AvgIpc) is 3.01. The molecule has 6 heteroatoms. The third-order valence-corrected chi connectivity index (χ3v) is 3.89. The summed E-state index contributed by atoms with van der Waals surface area (Å²) in [5, 5.41) is 6.71. The number of hydrogen-bond acceptors (Lipinski definition) is 4. The number of nitrogens with two attached hydrogens (primary N) is 1. The summed E-state index contributed by atoms with van der Waals surface area (Å²) in [6, 6.07) is 13.5. The second-order valence-corrected chi connectivity index (χ2v) is 5.47. The highest BCUT2D eigenvalue weighted by atomic mass is 16.2. The van der Waals surface area contributed by atoms with Gasteiger partial charge in [0.1, 0.15) is 17.3 Å². The van der Waals surface area contributed by atoms with Crippen LogP contribution in [0.2, 0.25) is 0 Å². The number of nitrogens with zero attached hydrogens (tertiary/aromatic N) is 3. The Balaban J connectivity index is 1.81. The number of rotatable bonds is 4. The van der Waals surface area contributed by atoms with Gasteiger partial charge in [0.05, 0.1) is 0 Å². The van der Waals surface area contributed by atoms with Gasteiger partial charge in [0.2, 0.25) is 0 Å². The van der Waals surface area contributed by atoms with Crippen LogP contribution >= 0.6 is 0 Å². The van der Waals surface area contributed by atoms with Gasteiger partial charge in [-0.2, -0.15) is 5.10 Å². The van der Waals surface area contributed by atoms with E-state index in [4.69, 9.17) is 5.73 Å². The lowest BCUT2D eigenvalue weighted by Crippen LogP contribution is -2.17. The minimum atomic E-state index is -0.276. The van der Waals surface area contributed by atoms with Crippen LogP contribution in [0.15, 0.2) is 48.7 Å². The molecule has 2 heterocycles. The zero-order valence-electron chi connectivity index (χ0n) is 13.7. The van der Waals surface area contributed by atoms with Gasteiger partial charge in [0.15, 0.2) is 0 Å². The molecule has 3 N–H and O–H groups in total. The summed E-state index contributed by atoms with van der Waals surface area (Å²) < 4.78 is 1.50. The molecule has 0 aliphatic heterocycles. The quantitative estimate of drug-likeness (QED) is 0.773. The van der Waals surface area contributed by atoms with Gasteiger partial charge in [-0.05, 0) is 35.7 Å². The number of anilines is 2. The molecule has 24 heavy (non-hydrogen) atoms. The van der Waals surface area contributed by atoms with Crippen molar-refractivity contribution in [2.45, 2.75) is 13.3 Å². The zero-order chi connectivity index (χ0) is 17.1. The van der Waals surface area contributed by atoms with E-state index in [2.05, 4.69) is 34.5 Å². The van der Waals surface area contributed by atoms with E-state index >= 15 is 0 Å². The summed E-state index contributed by atoms with van der Waals surface area (Å²) in [6.07, 6.45) is 2.56. The fourth-order valence-electron chi connectivity index (χ4n) is 2.49. The van der Waals surface area contributed by atoms with Gasteiger partial charge < -0.3 is 11.1 Å². The van der Waals surface area contributed by atoms with Crippen LogP contribution in [-0.2, 0) is 13.5 Å². The summed E-state index contributed by atoms with van der Waals surface area (Å²) in [4.78, 5) is 16.5. The Morgan fingerprint density at radius 2 is 1.92 bits per heavy atom. The monoisotopic (exact) mass is 321 g/mol. The normalized spacial score (nSPS) is 10.6. The number of pyridine rings is 1. The number of carbonyl (C=O) groups is 1. The molecule has 2 aromatic heterocycles. The second-order valence-electron chi connectivity index (χ2n) is 5.47. The molecule has 0 atom stereocenters. The highest BCUT2D eigenvalue weighted by Gasteiger charge is 2.12. The van der Waals surface area contributed by atoms with Gasteiger partial charge in [-0.25, -0.2) is 4.98 Å². The maximum atomic E-state index is 12.2. The van der Waals surface area contributed by atoms with Crippen molar-refractivity contribution in [2.75, 3.05) is 11.1 Å². The Labute approximate surface area is 140 Å². The minimum Gasteiger partial charge on any atom is -0.383 e. The van der Waals surface area contributed by atoms with Gasteiger partial charge in [-0.15, -0.1) is 0 Å². The molecule has 6 nitrogen and oxygen atoms in total. The molecule has 0 saturated carbocycles. The van der Waals surface area contributed by atoms with Gasteiger partial charge in [-0.3, -0.25) is 9.48 Å². The predicted molar refractivity (Wildman–Crippen MR) is 94.6 cm³/mol. The fourth-order valence-corrected chi connectivity index (χ4v) is 2.49. The lowest BCUT2D eigenvalue weighted by molar-refractivity contribution is 0.101. The lowest BCUT2D eigenvalue weighted by atomic mass is 10.0. The number of amides is 1. The Morgan fingerprint density at radius 1 is 1.17 bits per heavy atom. The summed E-state index contributed by atoms with van der Waals surface area (Å²) in [6.45, 7) is 2.12. The van der Waals surface area contributed by atoms with Gasteiger partial charge in [0, 0.05) is 18.8 Å². The predicted octanol–water partition coefficient (Wildman–Crippen LogP) is 2.88. The molecule has 0 unspecified atom stereocenters. The van der Waals surface area contributed by atoms with Crippen molar-refractivity contribution in [1.82, 2.24) is 14.8 Å². The zero-order valence-corrected chi connectivity index (χ0v) is 13.7. The van der Waals surface area contributed by atoms with E-state index in [-0.39, 0.29) is 5.91 Å². The number of carbonyl (C=O) groups excluding carboxylic acids is 1. The van der Waals surface area contributed by atoms with Crippen LogP contribution in [0.4, 0.5) is 11.6 Å². The Morgan fingerprint density at radius 3 is 2.50 bits per heavy atom. The number of benzene rings is 1. The second kappa shape index (κ2) is 6.54. The van der Waals surface area contributed by atoms with E-state index in [0.717, 1.165) is 17.5 Å². The van der Waals surface area contributed by atoms with Crippen LogP contribution in [0.1, 0.15) is 23.0 Å².